The average molecular weight is 303 g/mol. The summed E-state index contributed by atoms with van der Waals surface area (Å²) in [5.74, 6) is -4.26. The summed E-state index contributed by atoms with van der Waals surface area (Å²) in [6.07, 6.45) is 1.26. The van der Waals surface area contributed by atoms with E-state index >= 15 is 0 Å². The molecule has 1 aromatic heterocycles. The molecule has 0 aliphatic rings. The normalized spacial score (nSPS) is 11.3. The predicted molar refractivity (Wildman–Crippen MR) is 65.8 cm³/mol. The van der Waals surface area contributed by atoms with Crippen LogP contribution in [0, 0.1) is 17.5 Å². The SMILES string of the molecule is Nc1ncccc1S(=O)(=O)Nc1c(F)cc(F)cc1F. The van der Waals surface area contributed by atoms with Gasteiger partial charge in [-0.3, -0.25) is 4.72 Å². The molecule has 0 aliphatic carbocycles. The van der Waals surface area contributed by atoms with Crippen molar-refractivity contribution in [1.82, 2.24) is 4.98 Å². The monoisotopic (exact) mass is 303 g/mol. The second-order valence-electron chi connectivity index (χ2n) is 3.74. The van der Waals surface area contributed by atoms with Crippen molar-refractivity contribution >= 4 is 21.5 Å². The molecule has 0 saturated heterocycles. The van der Waals surface area contributed by atoms with Crippen LogP contribution in [-0.4, -0.2) is 13.4 Å². The summed E-state index contributed by atoms with van der Waals surface area (Å²) < 4.78 is 65.1. The maximum absolute atomic E-state index is 13.4. The number of nitrogen functional groups attached to an aromatic ring is 1. The van der Waals surface area contributed by atoms with E-state index in [-0.39, 0.29) is 5.82 Å². The third-order valence-electron chi connectivity index (χ3n) is 2.33. The van der Waals surface area contributed by atoms with Gasteiger partial charge in [0.1, 0.15) is 22.2 Å². The smallest absolute Gasteiger partial charge is 0.265 e. The van der Waals surface area contributed by atoms with Crippen molar-refractivity contribution in [3.8, 4) is 0 Å². The standard InChI is InChI=1S/C11H8F3N3O2S/c12-6-4-7(13)10(8(14)5-6)17-20(18,19)9-2-1-3-16-11(9)15/h1-5,17H,(H2,15,16). The Morgan fingerprint density at radius 1 is 1.15 bits per heavy atom. The molecule has 0 saturated carbocycles. The molecule has 0 unspecified atom stereocenters. The van der Waals surface area contributed by atoms with Crippen molar-refractivity contribution in [3.63, 3.8) is 0 Å². The minimum atomic E-state index is -4.34. The highest BCUT2D eigenvalue weighted by Gasteiger charge is 2.22. The minimum Gasteiger partial charge on any atom is -0.383 e. The van der Waals surface area contributed by atoms with Crippen LogP contribution in [0.2, 0.25) is 0 Å². The Hall–Kier alpha value is -2.29. The lowest BCUT2D eigenvalue weighted by molar-refractivity contribution is 0.547. The van der Waals surface area contributed by atoms with Gasteiger partial charge >= 0.3 is 0 Å². The topological polar surface area (TPSA) is 85.1 Å². The lowest BCUT2D eigenvalue weighted by Gasteiger charge is -2.11. The molecule has 9 heteroatoms. The molecule has 0 spiro atoms. The number of nitrogens with one attached hydrogen (secondary N) is 1. The van der Waals surface area contributed by atoms with Gasteiger partial charge < -0.3 is 5.73 Å². The Morgan fingerprint density at radius 3 is 2.30 bits per heavy atom. The van der Waals surface area contributed by atoms with E-state index < -0.39 is 38.1 Å². The van der Waals surface area contributed by atoms with Gasteiger partial charge in [-0.2, -0.15) is 0 Å². The largest absolute Gasteiger partial charge is 0.383 e. The number of nitrogens with zero attached hydrogens (tertiary/aromatic N) is 1. The van der Waals surface area contributed by atoms with E-state index in [1.807, 2.05) is 0 Å². The third-order valence-corrected chi connectivity index (χ3v) is 3.73. The molecular formula is C11H8F3N3O2S. The molecule has 0 amide bonds. The molecule has 5 nitrogen and oxygen atoms in total. The fourth-order valence-electron chi connectivity index (χ4n) is 1.46. The summed E-state index contributed by atoms with van der Waals surface area (Å²) in [4.78, 5) is 3.12. The van der Waals surface area contributed by atoms with Gasteiger partial charge in [0.2, 0.25) is 0 Å². The summed E-state index contributed by atoms with van der Waals surface area (Å²) in [5, 5.41) is 0. The van der Waals surface area contributed by atoms with E-state index in [9.17, 15) is 21.6 Å². The van der Waals surface area contributed by atoms with Gasteiger partial charge in [-0.05, 0) is 12.1 Å². The van der Waals surface area contributed by atoms with Crippen LogP contribution >= 0.6 is 0 Å². The number of rotatable bonds is 3. The quantitative estimate of drug-likeness (QED) is 0.906. The second-order valence-corrected chi connectivity index (χ2v) is 5.39. The van der Waals surface area contributed by atoms with E-state index in [4.69, 9.17) is 5.73 Å². The zero-order valence-corrected chi connectivity index (χ0v) is 10.6. The van der Waals surface area contributed by atoms with Crippen LogP contribution in [0.3, 0.4) is 0 Å². The van der Waals surface area contributed by atoms with Crippen molar-refractivity contribution in [2.24, 2.45) is 0 Å². The molecule has 0 bridgehead atoms. The van der Waals surface area contributed by atoms with Crippen molar-refractivity contribution in [2.45, 2.75) is 4.90 Å². The maximum Gasteiger partial charge on any atom is 0.265 e. The highest BCUT2D eigenvalue weighted by Crippen LogP contribution is 2.24. The van der Waals surface area contributed by atoms with Gasteiger partial charge in [0.25, 0.3) is 10.0 Å². The first-order valence-electron chi connectivity index (χ1n) is 5.19. The highest BCUT2D eigenvalue weighted by atomic mass is 32.2. The van der Waals surface area contributed by atoms with Gasteiger partial charge in [0.15, 0.2) is 11.6 Å². The lowest BCUT2D eigenvalue weighted by atomic mass is 10.3. The number of sulfonamides is 1. The third kappa shape index (κ3) is 2.67. The molecule has 1 heterocycles. The molecule has 1 aromatic carbocycles. The van der Waals surface area contributed by atoms with Crippen LogP contribution in [0.15, 0.2) is 35.4 Å². The van der Waals surface area contributed by atoms with Crippen LogP contribution in [0.25, 0.3) is 0 Å². The van der Waals surface area contributed by atoms with Crippen LogP contribution in [-0.2, 0) is 10.0 Å². The first-order valence-corrected chi connectivity index (χ1v) is 6.67. The fourth-order valence-corrected chi connectivity index (χ4v) is 2.62. The van der Waals surface area contributed by atoms with E-state index in [0.29, 0.717) is 12.1 Å². The molecule has 0 atom stereocenters. The number of anilines is 2. The number of hydrogen-bond acceptors (Lipinski definition) is 4. The van der Waals surface area contributed by atoms with Gasteiger partial charge in [-0.15, -0.1) is 0 Å². The summed E-state index contributed by atoms with van der Waals surface area (Å²) in [6.45, 7) is 0. The van der Waals surface area contributed by atoms with E-state index in [0.717, 1.165) is 6.07 Å². The van der Waals surface area contributed by atoms with Gasteiger partial charge in [0, 0.05) is 18.3 Å². The average Bonchev–Trinajstić information content (AvgIpc) is 2.34. The predicted octanol–water partition coefficient (Wildman–Crippen LogP) is 1.88. The lowest BCUT2D eigenvalue weighted by Crippen LogP contribution is -2.17. The van der Waals surface area contributed by atoms with Crippen LogP contribution in [0.5, 0.6) is 0 Å². The number of hydrogen-bond donors (Lipinski definition) is 2. The Labute approximate surface area is 112 Å². The fraction of sp³-hybridized carbons (Fsp3) is 0. The Balaban J connectivity index is 2.47. The summed E-state index contributed by atoms with van der Waals surface area (Å²) in [6, 6.07) is 3.12. The maximum atomic E-state index is 13.4. The summed E-state index contributed by atoms with van der Waals surface area (Å²) in [7, 11) is -4.34. The Morgan fingerprint density at radius 2 is 1.75 bits per heavy atom. The molecule has 2 rings (SSSR count). The molecule has 0 radical (unpaired) electrons. The van der Waals surface area contributed by atoms with Crippen molar-refractivity contribution in [1.29, 1.82) is 0 Å². The van der Waals surface area contributed by atoms with E-state index in [1.54, 1.807) is 4.72 Å². The van der Waals surface area contributed by atoms with Crippen LogP contribution < -0.4 is 10.5 Å². The molecule has 0 fully saturated rings. The van der Waals surface area contributed by atoms with Crippen molar-refractivity contribution in [3.05, 3.63) is 47.9 Å². The molecule has 0 aliphatic heterocycles. The molecule has 20 heavy (non-hydrogen) atoms. The minimum absolute atomic E-state index is 0.331. The number of pyridine rings is 1. The van der Waals surface area contributed by atoms with E-state index in [1.165, 1.54) is 12.3 Å². The van der Waals surface area contributed by atoms with Crippen LogP contribution in [0.1, 0.15) is 0 Å². The van der Waals surface area contributed by atoms with Crippen molar-refractivity contribution in [2.75, 3.05) is 10.5 Å². The Kier molecular flexibility index (Phi) is 3.53. The van der Waals surface area contributed by atoms with E-state index in [2.05, 4.69) is 4.98 Å². The first-order chi connectivity index (χ1) is 9.31. The highest BCUT2D eigenvalue weighted by molar-refractivity contribution is 7.92. The first kappa shape index (κ1) is 14.1. The van der Waals surface area contributed by atoms with Gasteiger partial charge in [0.05, 0.1) is 0 Å². The molecule has 2 aromatic rings. The molecular weight excluding hydrogens is 295 g/mol. The molecule has 106 valence electrons. The van der Waals surface area contributed by atoms with Gasteiger partial charge in [-0.25, -0.2) is 26.6 Å². The number of aromatic nitrogens is 1. The molecule has 3 N–H and O–H groups in total. The Bertz CT molecular complexity index is 742. The number of halogens is 3. The van der Waals surface area contributed by atoms with Gasteiger partial charge in [-0.1, -0.05) is 0 Å². The second kappa shape index (κ2) is 5.00. The number of benzene rings is 1. The summed E-state index contributed by atoms with van der Waals surface area (Å²) in [5.41, 5.74) is 4.39. The summed E-state index contributed by atoms with van der Waals surface area (Å²) >= 11 is 0. The van der Waals surface area contributed by atoms with Crippen molar-refractivity contribution < 1.29 is 21.6 Å². The zero-order chi connectivity index (χ0) is 14.9. The number of nitrogens with two attached hydrogens (primary N) is 1. The zero-order valence-electron chi connectivity index (χ0n) is 9.77. The van der Waals surface area contributed by atoms with Crippen LogP contribution in [0.4, 0.5) is 24.7 Å².